The number of nitrogens with zero attached hydrogens (tertiary/aromatic N) is 2. The first kappa shape index (κ1) is 18.7. The number of hydrogen-bond acceptors (Lipinski definition) is 4. The maximum Gasteiger partial charge on any atom is 0.253 e. The quantitative estimate of drug-likeness (QED) is 0.820. The molecule has 24 heavy (non-hydrogen) atoms. The number of carbonyl (C=O) groups is 2. The Hall–Kier alpha value is -1.64. The molecule has 1 aromatic rings. The molecule has 1 aromatic carbocycles. The van der Waals surface area contributed by atoms with E-state index in [-0.39, 0.29) is 19.0 Å². The van der Waals surface area contributed by atoms with E-state index >= 15 is 0 Å². The normalized spacial score (nSPS) is 18.6. The second kappa shape index (κ2) is 7.50. The first-order valence-corrected chi connectivity index (χ1v) is 9.38. The van der Waals surface area contributed by atoms with Crippen molar-refractivity contribution in [2.75, 3.05) is 26.7 Å². The van der Waals surface area contributed by atoms with E-state index in [1.165, 1.54) is 11.9 Å². The molecule has 0 unspecified atom stereocenters. The van der Waals surface area contributed by atoms with E-state index in [0.29, 0.717) is 30.0 Å². The van der Waals surface area contributed by atoms with Crippen LogP contribution in [0.2, 0.25) is 5.02 Å². The molecular formula is C15H20ClN3O4S. The first-order chi connectivity index (χ1) is 11.2. The summed E-state index contributed by atoms with van der Waals surface area (Å²) in [5.74, 6) is -0.973. The van der Waals surface area contributed by atoms with Gasteiger partial charge in [0.15, 0.2) is 0 Å². The highest BCUT2D eigenvalue weighted by atomic mass is 35.5. The zero-order chi connectivity index (χ0) is 17.9. The number of sulfonamides is 1. The fourth-order valence-corrected chi connectivity index (χ4v) is 4.57. The average Bonchev–Trinajstić information content (AvgIpc) is 2.53. The van der Waals surface area contributed by atoms with Crippen LogP contribution in [0.4, 0.5) is 0 Å². The lowest BCUT2D eigenvalue weighted by molar-refractivity contribution is -0.118. The van der Waals surface area contributed by atoms with Crippen molar-refractivity contribution in [2.45, 2.75) is 18.1 Å². The van der Waals surface area contributed by atoms with E-state index in [4.69, 9.17) is 17.3 Å². The summed E-state index contributed by atoms with van der Waals surface area (Å²) in [6, 6.07) is 6.54. The maximum atomic E-state index is 12.6. The van der Waals surface area contributed by atoms with Crippen molar-refractivity contribution in [3.63, 3.8) is 0 Å². The third-order valence-corrected chi connectivity index (χ3v) is 6.43. The molecule has 2 amide bonds. The van der Waals surface area contributed by atoms with Crippen LogP contribution in [0, 0.1) is 0 Å². The summed E-state index contributed by atoms with van der Waals surface area (Å²) in [5.41, 5.74) is 5.49. The first-order valence-electron chi connectivity index (χ1n) is 7.50. The zero-order valence-corrected chi connectivity index (χ0v) is 14.9. The van der Waals surface area contributed by atoms with Crippen molar-refractivity contribution < 1.29 is 18.0 Å². The van der Waals surface area contributed by atoms with Crippen LogP contribution in [0.15, 0.2) is 24.3 Å². The lowest BCUT2D eigenvalue weighted by Crippen LogP contribution is -2.50. The van der Waals surface area contributed by atoms with Crippen molar-refractivity contribution in [2.24, 2.45) is 5.73 Å². The van der Waals surface area contributed by atoms with Crippen molar-refractivity contribution in [1.29, 1.82) is 0 Å². The number of likely N-dealkylation sites (N-methyl/N-ethyl adjacent to an activating group) is 1. The Morgan fingerprint density at radius 2 is 2.12 bits per heavy atom. The molecule has 0 spiro atoms. The summed E-state index contributed by atoms with van der Waals surface area (Å²) >= 11 is 5.90. The molecule has 1 fully saturated rings. The summed E-state index contributed by atoms with van der Waals surface area (Å²) in [6.07, 6.45) is 1.01. The van der Waals surface area contributed by atoms with Crippen LogP contribution in [0.1, 0.15) is 23.2 Å². The molecule has 0 radical (unpaired) electrons. The molecule has 0 aliphatic carbocycles. The van der Waals surface area contributed by atoms with Gasteiger partial charge >= 0.3 is 0 Å². The molecule has 2 rings (SSSR count). The number of likely N-dealkylation sites (tertiary alicyclic amines) is 1. The van der Waals surface area contributed by atoms with Gasteiger partial charge in [-0.25, -0.2) is 8.42 Å². The van der Waals surface area contributed by atoms with Crippen LogP contribution in [0.5, 0.6) is 0 Å². The van der Waals surface area contributed by atoms with Gasteiger partial charge < -0.3 is 10.6 Å². The third kappa shape index (κ3) is 4.25. The number of rotatable bonds is 5. The van der Waals surface area contributed by atoms with E-state index in [9.17, 15) is 18.0 Å². The molecule has 1 aliphatic rings. The number of amides is 2. The van der Waals surface area contributed by atoms with Crippen molar-refractivity contribution in [1.82, 2.24) is 9.21 Å². The fourth-order valence-electron chi connectivity index (χ4n) is 2.73. The highest BCUT2D eigenvalue weighted by Crippen LogP contribution is 2.22. The van der Waals surface area contributed by atoms with Gasteiger partial charge in [-0.2, -0.15) is 4.31 Å². The van der Waals surface area contributed by atoms with Gasteiger partial charge in [0.2, 0.25) is 15.9 Å². The van der Waals surface area contributed by atoms with Crippen LogP contribution >= 0.6 is 11.6 Å². The monoisotopic (exact) mass is 373 g/mol. The van der Waals surface area contributed by atoms with E-state index < -0.39 is 21.2 Å². The van der Waals surface area contributed by atoms with Gasteiger partial charge in [-0.15, -0.1) is 0 Å². The van der Waals surface area contributed by atoms with Crippen molar-refractivity contribution >= 4 is 33.4 Å². The predicted molar refractivity (Wildman–Crippen MR) is 91.1 cm³/mol. The fraction of sp³-hybridized carbons (Fsp3) is 0.467. The van der Waals surface area contributed by atoms with Crippen LogP contribution in [0.3, 0.4) is 0 Å². The Morgan fingerprint density at radius 3 is 2.75 bits per heavy atom. The topological polar surface area (TPSA) is 101 Å². The molecule has 7 nitrogen and oxygen atoms in total. The van der Waals surface area contributed by atoms with Crippen molar-refractivity contribution in [3.05, 3.63) is 34.9 Å². The molecular weight excluding hydrogens is 354 g/mol. The Bertz CT molecular complexity index is 738. The number of benzene rings is 1. The summed E-state index contributed by atoms with van der Waals surface area (Å²) in [7, 11) is -2.38. The van der Waals surface area contributed by atoms with Gasteiger partial charge in [0, 0.05) is 30.7 Å². The molecule has 1 aliphatic heterocycles. The summed E-state index contributed by atoms with van der Waals surface area (Å²) in [5, 5.41) is -0.304. The van der Waals surface area contributed by atoms with Crippen LogP contribution in [0.25, 0.3) is 0 Å². The number of nitrogens with two attached hydrogens (primary N) is 1. The minimum absolute atomic E-state index is 0.0801. The standard InChI is InChI=1S/C15H20ClN3O4S/c1-18(10-14(17)20)24(22,23)13-6-3-7-19(9-13)15(21)11-4-2-5-12(16)8-11/h2,4-5,8,13H,3,6-7,9-10H2,1H3,(H2,17,20)/t13-/m0/s1. The number of primary amides is 1. The molecule has 2 N–H and O–H groups in total. The van der Waals surface area contributed by atoms with Crippen LogP contribution in [-0.4, -0.2) is 61.4 Å². The average molecular weight is 374 g/mol. The van der Waals surface area contributed by atoms with E-state index in [1.807, 2.05) is 0 Å². The third-order valence-electron chi connectivity index (χ3n) is 3.97. The number of hydrogen-bond donors (Lipinski definition) is 1. The Kier molecular flexibility index (Phi) is 5.84. The summed E-state index contributed by atoms with van der Waals surface area (Å²) in [6.45, 7) is 0.189. The molecule has 9 heteroatoms. The van der Waals surface area contributed by atoms with Gasteiger partial charge in [0.05, 0.1) is 11.8 Å². The smallest absolute Gasteiger partial charge is 0.253 e. The number of carbonyl (C=O) groups excluding carboxylic acids is 2. The summed E-state index contributed by atoms with van der Waals surface area (Å²) < 4.78 is 26.0. The second-order valence-electron chi connectivity index (χ2n) is 5.79. The van der Waals surface area contributed by atoms with E-state index in [1.54, 1.807) is 24.3 Å². The summed E-state index contributed by atoms with van der Waals surface area (Å²) in [4.78, 5) is 25.0. The lowest BCUT2D eigenvalue weighted by Gasteiger charge is -2.34. The SMILES string of the molecule is CN(CC(N)=O)S(=O)(=O)[C@H]1CCCN(C(=O)c2cccc(Cl)c2)C1. The molecule has 1 saturated heterocycles. The molecule has 0 saturated carbocycles. The molecule has 132 valence electrons. The lowest BCUT2D eigenvalue weighted by atomic mass is 10.1. The number of halogens is 1. The van der Waals surface area contributed by atoms with Gasteiger partial charge in [0.25, 0.3) is 5.91 Å². The van der Waals surface area contributed by atoms with Gasteiger partial charge in [0.1, 0.15) is 0 Å². The predicted octanol–water partition coefficient (Wildman–Crippen LogP) is 0.692. The van der Waals surface area contributed by atoms with E-state index in [0.717, 1.165) is 4.31 Å². The Labute approximate surface area is 146 Å². The van der Waals surface area contributed by atoms with Crippen LogP contribution in [-0.2, 0) is 14.8 Å². The minimum atomic E-state index is -3.70. The Morgan fingerprint density at radius 1 is 1.42 bits per heavy atom. The van der Waals surface area contributed by atoms with Gasteiger partial charge in [-0.1, -0.05) is 17.7 Å². The van der Waals surface area contributed by atoms with Crippen LogP contribution < -0.4 is 5.73 Å². The molecule has 1 heterocycles. The largest absolute Gasteiger partial charge is 0.369 e. The van der Waals surface area contributed by atoms with Crippen molar-refractivity contribution in [3.8, 4) is 0 Å². The van der Waals surface area contributed by atoms with Gasteiger partial charge in [-0.3, -0.25) is 9.59 Å². The maximum absolute atomic E-state index is 12.6. The Balaban J connectivity index is 2.14. The molecule has 1 atom stereocenters. The highest BCUT2D eigenvalue weighted by molar-refractivity contribution is 7.89. The zero-order valence-electron chi connectivity index (χ0n) is 13.3. The van der Waals surface area contributed by atoms with E-state index in [2.05, 4.69) is 0 Å². The second-order valence-corrected chi connectivity index (χ2v) is 8.55. The molecule has 0 aromatic heterocycles. The molecule has 0 bridgehead atoms. The minimum Gasteiger partial charge on any atom is -0.369 e. The highest BCUT2D eigenvalue weighted by Gasteiger charge is 2.35. The number of piperidine rings is 1. The van der Waals surface area contributed by atoms with Gasteiger partial charge in [-0.05, 0) is 31.0 Å².